The van der Waals surface area contributed by atoms with Gasteiger partial charge in [-0.3, -0.25) is 19.7 Å². The van der Waals surface area contributed by atoms with Crippen LogP contribution in [-0.2, 0) is 19.1 Å². The van der Waals surface area contributed by atoms with E-state index < -0.39 is 12.0 Å². The number of aliphatic carboxylic acids is 1. The highest BCUT2D eigenvalue weighted by atomic mass is 16.5. The van der Waals surface area contributed by atoms with Crippen molar-refractivity contribution in [2.24, 2.45) is 0 Å². The van der Waals surface area contributed by atoms with E-state index in [1.54, 1.807) is 6.92 Å². The van der Waals surface area contributed by atoms with Crippen LogP contribution < -0.4 is 10.6 Å². The molecule has 0 radical (unpaired) electrons. The maximum Gasteiger partial charge on any atom is 0.320 e. The fourth-order valence-electron chi connectivity index (χ4n) is 1.09. The summed E-state index contributed by atoms with van der Waals surface area (Å²) in [6.45, 7) is 3.83. The Bertz CT molecular complexity index is 293. The molecule has 0 bridgehead atoms. The molecule has 0 rings (SSSR count). The van der Waals surface area contributed by atoms with Gasteiger partial charge in [-0.05, 0) is 20.3 Å². The van der Waals surface area contributed by atoms with Crippen molar-refractivity contribution in [1.29, 1.82) is 0 Å². The number of carbonyl (C=O) groups excluding carboxylic acids is 2. The lowest BCUT2D eigenvalue weighted by Gasteiger charge is -2.09. The molecule has 0 saturated heterocycles. The summed E-state index contributed by atoms with van der Waals surface area (Å²) in [6.07, 6.45) is 0.756. The Morgan fingerprint density at radius 2 is 2.00 bits per heavy atom. The molecule has 0 aromatic rings. The average Bonchev–Trinajstić information content (AvgIpc) is 2.31. The van der Waals surface area contributed by atoms with Gasteiger partial charge < -0.3 is 15.2 Å². The summed E-state index contributed by atoms with van der Waals surface area (Å²) in [5.41, 5.74) is 0. The molecule has 104 valence electrons. The largest absolute Gasteiger partial charge is 0.480 e. The normalized spacial score (nSPS) is 11.7. The van der Waals surface area contributed by atoms with Crippen molar-refractivity contribution in [1.82, 2.24) is 10.6 Å². The predicted molar refractivity (Wildman–Crippen MR) is 64.0 cm³/mol. The van der Waals surface area contributed by atoms with Crippen LogP contribution in [0.3, 0.4) is 0 Å². The van der Waals surface area contributed by atoms with Gasteiger partial charge in [0.05, 0.1) is 13.2 Å². The van der Waals surface area contributed by atoms with Crippen LogP contribution in [-0.4, -0.2) is 48.7 Å². The van der Waals surface area contributed by atoms with Crippen molar-refractivity contribution in [3.05, 3.63) is 0 Å². The van der Waals surface area contributed by atoms with Crippen LogP contribution in [0, 0.1) is 0 Å². The van der Waals surface area contributed by atoms with Crippen molar-refractivity contribution < 1.29 is 24.2 Å². The summed E-state index contributed by atoms with van der Waals surface area (Å²) >= 11 is 0. The highest BCUT2D eigenvalue weighted by molar-refractivity contribution is 5.79. The molecule has 0 spiro atoms. The number of amides is 1. The number of hydrogen-bond donors (Lipinski definition) is 3. The molecule has 0 heterocycles. The van der Waals surface area contributed by atoms with Crippen LogP contribution in [0.5, 0.6) is 0 Å². The second kappa shape index (κ2) is 9.41. The van der Waals surface area contributed by atoms with Crippen molar-refractivity contribution >= 4 is 17.8 Å². The van der Waals surface area contributed by atoms with Gasteiger partial charge in [0.15, 0.2) is 0 Å². The van der Waals surface area contributed by atoms with Gasteiger partial charge in [0.2, 0.25) is 5.91 Å². The van der Waals surface area contributed by atoms with Gasteiger partial charge in [0, 0.05) is 13.0 Å². The predicted octanol–water partition coefficient (Wildman–Crippen LogP) is -0.491. The van der Waals surface area contributed by atoms with E-state index in [1.807, 2.05) is 0 Å². The fraction of sp³-hybridized carbons (Fsp3) is 0.727. The summed E-state index contributed by atoms with van der Waals surface area (Å²) in [4.78, 5) is 32.7. The van der Waals surface area contributed by atoms with Crippen LogP contribution in [0.15, 0.2) is 0 Å². The lowest BCUT2D eigenvalue weighted by atomic mass is 10.3. The third-order valence-corrected chi connectivity index (χ3v) is 2.12. The molecular formula is C11H20N2O5. The molecule has 3 N–H and O–H groups in total. The Hall–Kier alpha value is -1.63. The second-order valence-electron chi connectivity index (χ2n) is 3.70. The van der Waals surface area contributed by atoms with E-state index in [2.05, 4.69) is 10.6 Å². The zero-order valence-corrected chi connectivity index (χ0v) is 10.7. The van der Waals surface area contributed by atoms with E-state index in [-0.39, 0.29) is 24.8 Å². The van der Waals surface area contributed by atoms with Crippen LogP contribution in [0.4, 0.5) is 0 Å². The third-order valence-electron chi connectivity index (χ3n) is 2.12. The molecule has 0 aliphatic rings. The highest BCUT2D eigenvalue weighted by Crippen LogP contribution is 1.91. The third kappa shape index (κ3) is 8.51. The van der Waals surface area contributed by atoms with Crippen molar-refractivity contribution in [3.63, 3.8) is 0 Å². The van der Waals surface area contributed by atoms with Gasteiger partial charge in [0.1, 0.15) is 6.04 Å². The molecule has 1 atom stereocenters. The lowest BCUT2D eigenvalue weighted by molar-refractivity contribution is -0.143. The first kappa shape index (κ1) is 16.4. The van der Waals surface area contributed by atoms with Crippen molar-refractivity contribution in [2.75, 3.05) is 19.7 Å². The second-order valence-corrected chi connectivity index (χ2v) is 3.70. The number of nitrogens with one attached hydrogen (secondary N) is 2. The first-order valence-corrected chi connectivity index (χ1v) is 5.85. The summed E-state index contributed by atoms with van der Waals surface area (Å²) in [7, 11) is 0. The van der Waals surface area contributed by atoms with E-state index in [0.29, 0.717) is 19.6 Å². The quantitative estimate of drug-likeness (QED) is 0.381. The summed E-state index contributed by atoms with van der Waals surface area (Å²) < 4.78 is 4.72. The molecule has 0 aliphatic heterocycles. The minimum Gasteiger partial charge on any atom is -0.480 e. The number of carboxylic acid groups (broad SMARTS) is 1. The van der Waals surface area contributed by atoms with Crippen molar-refractivity contribution in [3.8, 4) is 0 Å². The Morgan fingerprint density at radius 3 is 2.56 bits per heavy atom. The number of hydrogen-bond acceptors (Lipinski definition) is 5. The standard InChI is InChI=1S/C11H20N2O5/c1-3-18-10(15)5-4-6-12-9(14)7-13-8(2)11(16)17/h8,13H,3-7H2,1-2H3,(H,12,14)(H,16,17)/t8-/m1/s1. The first-order valence-electron chi connectivity index (χ1n) is 5.85. The SMILES string of the molecule is CCOC(=O)CCCNC(=O)CN[C@H](C)C(=O)O. The van der Waals surface area contributed by atoms with E-state index in [4.69, 9.17) is 9.84 Å². The molecule has 18 heavy (non-hydrogen) atoms. The van der Waals surface area contributed by atoms with E-state index >= 15 is 0 Å². The number of rotatable bonds is 9. The minimum atomic E-state index is -1.01. The number of ether oxygens (including phenoxy) is 1. The van der Waals surface area contributed by atoms with Gasteiger partial charge in [-0.2, -0.15) is 0 Å². The van der Waals surface area contributed by atoms with E-state index in [0.717, 1.165) is 0 Å². The van der Waals surface area contributed by atoms with Crippen LogP contribution in [0.1, 0.15) is 26.7 Å². The van der Waals surface area contributed by atoms with Gasteiger partial charge in [0.25, 0.3) is 0 Å². The average molecular weight is 260 g/mol. The van der Waals surface area contributed by atoms with Crippen molar-refractivity contribution in [2.45, 2.75) is 32.7 Å². The first-order chi connectivity index (χ1) is 8.47. The van der Waals surface area contributed by atoms with E-state index in [9.17, 15) is 14.4 Å². The highest BCUT2D eigenvalue weighted by Gasteiger charge is 2.11. The van der Waals surface area contributed by atoms with Crippen LogP contribution in [0.25, 0.3) is 0 Å². The topological polar surface area (TPSA) is 105 Å². The Morgan fingerprint density at radius 1 is 1.33 bits per heavy atom. The smallest absolute Gasteiger partial charge is 0.320 e. The molecule has 0 aromatic heterocycles. The van der Waals surface area contributed by atoms with Gasteiger partial charge >= 0.3 is 11.9 Å². The molecule has 1 amide bonds. The lowest BCUT2D eigenvalue weighted by Crippen LogP contribution is -2.41. The molecule has 7 heteroatoms. The Balaban J connectivity index is 3.54. The maximum absolute atomic E-state index is 11.3. The maximum atomic E-state index is 11.3. The number of esters is 1. The van der Waals surface area contributed by atoms with Crippen LogP contribution in [0.2, 0.25) is 0 Å². The zero-order valence-electron chi connectivity index (χ0n) is 10.7. The molecule has 0 unspecified atom stereocenters. The molecule has 7 nitrogen and oxygen atoms in total. The monoisotopic (exact) mass is 260 g/mol. The zero-order chi connectivity index (χ0) is 14.0. The number of carbonyl (C=O) groups is 3. The molecular weight excluding hydrogens is 240 g/mol. The summed E-state index contributed by atoms with van der Waals surface area (Å²) in [6, 6.07) is -0.768. The van der Waals surface area contributed by atoms with Crippen LogP contribution >= 0.6 is 0 Å². The fourth-order valence-corrected chi connectivity index (χ4v) is 1.09. The van der Waals surface area contributed by atoms with Gasteiger partial charge in [-0.25, -0.2) is 0 Å². The van der Waals surface area contributed by atoms with Gasteiger partial charge in [-0.15, -0.1) is 0 Å². The molecule has 0 saturated carbocycles. The molecule has 0 aliphatic carbocycles. The minimum absolute atomic E-state index is 0.0626. The number of carboxylic acids is 1. The molecule has 0 aromatic carbocycles. The van der Waals surface area contributed by atoms with E-state index in [1.165, 1.54) is 6.92 Å². The molecule has 0 fully saturated rings. The Kier molecular flexibility index (Phi) is 8.55. The summed E-state index contributed by atoms with van der Waals surface area (Å²) in [5.74, 6) is -1.60. The summed E-state index contributed by atoms with van der Waals surface area (Å²) in [5, 5.41) is 13.7. The van der Waals surface area contributed by atoms with Gasteiger partial charge in [-0.1, -0.05) is 0 Å². The Labute approximate surface area is 106 Å².